The SMILES string of the molecule is CCC(N)Cc1cnc(Oc2ccc(OC)cc2)c(C)c1. The average Bonchev–Trinajstić information content (AvgIpc) is 2.50. The van der Waals surface area contributed by atoms with E-state index in [9.17, 15) is 0 Å². The summed E-state index contributed by atoms with van der Waals surface area (Å²) in [4.78, 5) is 4.39. The first-order chi connectivity index (χ1) is 10.1. The fourth-order valence-corrected chi connectivity index (χ4v) is 2.04. The van der Waals surface area contributed by atoms with E-state index in [1.165, 1.54) is 0 Å². The van der Waals surface area contributed by atoms with E-state index in [0.717, 1.165) is 35.5 Å². The Kier molecular flexibility index (Phi) is 5.17. The van der Waals surface area contributed by atoms with Crippen molar-refractivity contribution in [3.8, 4) is 17.4 Å². The van der Waals surface area contributed by atoms with Crippen molar-refractivity contribution in [2.24, 2.45) is 5.73 Å². The second-order valence-corrected chi connectivity index (χ2v) is 5.12. The molecule has 1 aromatic heterocycles. The van der Waals surface area contributed by atoms with Crippen LogP contribution in [0, 0.1) is 6.92 Å². The number of rotatable bonds is 6. The molecular weight excluding hydrogens is 264 g/mol. The summed E-state index contributed by atoms with van der Waals surface area (Å²) in [6, 6.07) is 9.71. The highest BCUT2D eigenvalue weighted by molar-refractivity contribution is 5.36. The van der Waals surface area contributed by atoms with E-state index in [1.54, 1.807) is 7.11 Å². The number of benzene rings is 1. The standard InChI is InChI=1S/C17H22N2O2/c1-4-14(18)10-13-9-12(2)17(19-11-13)21-16-7-5-15(20-3)6-8-16/h5-9,11,14H,4,10,18H2,1-3H3. The predicted molar refractivity (Wildman–Crippen MR) is 84.0 cm³/mol. The lowest BCUT2D eigenvalue weighted by Gasteiger charge is -2.12. The van der Waals surface area contributed by atoms with Gasteiger partial charge in [0.2, 0.25) is 5.88 Å². The molecule has 21 heavy (non-hydrogen) atoms. The fraction of sp³-hybridized carbons (Fsp3) is 0.353. The van der Waals surface area contributed by atoms with E-state index < -0.39 is 0 Å². The van der Waals surface area contributed by atoms with Crippen LogP contribution in [0.5, 0.6) is 17.4 Å². The van der Waals surface area contributed by atoms with Gasteiger partial charge in [-0.05, 0) is 55.7 Å². The number of pyridine rings is 1. The minimum absolute atomic E-state index is 0.180. The number of ether oxygens (including phenoxy) is 2. The highest BCUT2D eigenvalue weighted by Crippen LogP contribution is 2.25. The number of hydrogen-bond acceptors (Lipinski definition) is 4. The molecule has 0 fully saturated rings. The molecule has 1 unspecified atom stereocenters. The maximum absolute atomic E-state index is 5.97. The molecule has 0 aliphatic rings. The van der Waals surface area contributed by atoms with Crippen LogP contribution in [0.1, 0.15) is 24.5 Å². The summed E-state index contributed by atoms with van der Waals surface area (Å²) in [6.07, 6.45) is 3.64. The van der Waals surface area contributed by atoms with Crippen molar-refractivity contribution in [1.29, 1.82) is 0 Å². The van der Waals surface area contributed by atoms with Gasteiger partial charge in [0, 0.05) is 17.8 Å². The quantitative estimate of drug-likeness (QED) is 0.883. The third-order valence-corrected chi connectivity index (χ3v) is 3.38. The van der Waals surface area contributed by atoms with Crippen LogP contribution in [0.25, 0.3) is 0 Å². The van der Waals surface area contributed by atoms with Crippen molar-refractivity contribution in [2.75, 3.05) is 7.11 Å². The van der Waals surface area contributed by atoms with Crippen molar-refractivity contribution >= 4 is 0 Å². The summed E-state index contributed by atoms with van der Waals surface area (Å²) in [7, 11) is 1.64. The van der Waals surface area contributed by atoms with Crippen LogP contribution in [0.4, 0.5) is 0 Å². The highest BCUT2D eigenvalue weighted by atomic mass is 16.5. The Morgan fingerprint density at radius 3 is 2.43 bits per heavy atom. The third kappa shape index (κ3) is 4.20. The number of hydrogen-bond donors (Lipinski definition) is 1. The van der Waals surface area contributed by atoms with Crippen molar-refractivity contribution in [1.82, 2.24) is 4.98 Å². The first-order valence-electron chi connectivity index (χ1n) is 7.15. The Bertz CT molecular complexity index is 582. The van der Waals surface area contributed by atoms with Crippen LogP contribution in [0.3, 0.4) is 0 Å². The molecule has 1 atom stereocenters. The average molecular weight is 286 g/mol. The smallest absolute Gasteiger partial charge is 0.222 e. The van der Waals surface area contributed by atoms with Gasteiger partial charge < -0.3 is 15.2 Å². The lowest BCUT2D eigenvalue weighted by atomic mass is 10.1. The molecule has 1 aromatic carbocycles. The van der Waals surface area contributed by atoms with Gasteiger partial charge in [0.05, 0.1) is 7.11 Å². The molecule has 0 aliphatic carbocycles. The summed E-state index contributed by atoms with van der Waals surface area (Å²) in [5, 5.41) is 0. The molecule has 1 heterocycles. The van der Waals surface area contributed by atoms with Gasteiger partial charge in [0.15, 0.2) is 0 Å². The van der Waals surface area contributed by atoms with Crippen molar-refractivity contribution < 1.29 is 9.47 Å². The van der Waals surface area contributed by atoms with E-state index in [2.05, 4.69) is 18.0 Å². The number of methoxy groups -OCH3 is 1. The number of nitrogens with two attached hydrogens (primary N) is 1. The molecule has 2 aromatic rings. The molecule has 2 rings (SSSR count). The number of aryl methyl sites for hydroxylation is 1. The Morgan fingerprint density at radius 2 is 1.86 bits per heavy atom. The van der Waals surface area contributed by atoms with Gasteiger partial charge in [-0.2, -0.15) is 0 Å². The Labute approximate surface area is 125 Å². The monoisotopic (exact) mass is 286 g/mol. The maximum Gasteiger partial charge on any atom is 0.222 e. The highest BCUT2D eigenvalue weighted by Gasteiger charge is 2.07. The van der Waals surface area contributed by atoms with Crippen LogP contribution in [-0.4, -0.2) is 18.1 Å². The maximum atomic E-state index is 5.97. The van der Waals surface area contributed by atoms with E-state index in [0.29, 0.717) is 5.88 Å². The van der Waals surface area contributed by atoms with Gasteiger partial charge in [-0.15, -0.1) is 0 Å². The van der Waals surface area contributed by atoms with Crippen molar-refractivity contribution in [2.45, 2.75) is 32.7 Å². The van der Waals surface area contributed by atoms with E-state index in [4.69, 9.17) is 15.2 Å². The Balaban J connectivity index is 2.09. The van der Waals surface area contributed by atoms with Gasteiger partial charge >= 0.3 is 0 Å². The molecular formula is C17H22N2O2. The molecule has 0 bridgehead atoms. The molecule has 112 valence electrons. The largest absolute Gasteiger partial charge is 0.497 e. The van der Waals surface area contributed by atoms with Gasteiger partial charge in [-0.1, -0.05) is 6.92 Å². The lowest BCUT2D eigenvalue weighted by Crippen LogP contribution is -2.21. The van der Waals surface area contributed by atoms with E-state index in [1.807, 2.05) is 37.4 Å². The van der Waals surface area contributed by atoms with Crippen molar-refractivity contribution in [3.05, 3.63) is 47.7 Å². The predicted octanol–water partition coefficient (Wildman–Crippen LogP) is 3.47. The van der Waals surface area contributed by atoms with Crippen LogP contribution in [-0.2, 0) is 6.42 Å². The van der Waals surface area contributed by atoms with Crippen LogP contribution in [0.15, 0.2) is 36.5 Å². The molecule has 4 heteroatoms. The molecule has 0 amide bonds. The van der Waals surface area contributed by atoms with Crippen LogP contribution >= 0.6 is 0 Å². The molecule has 2 N–H and O–H groups in total. The first kappa shape index (κ1) is 15.3. The summed E-state index contributed by atoms with van der Waals surface area (Å²) < 4.78 is 10.9. The summed E-state index contributed by atoms with van der Waals surface area (Å²) in [5.74, 6) is 2.16. The Morgan fingerprint density at radius 1 is 1.19 bits per heavy atom. The summed E-state index contributed by atoms with van der Waals surface area (Å²) >= 11 is 0. The first-order valence-corrected chi connectivity index (χ1v) is 7.15. The van der Waals surface area contributed by atoms with Crippen molar-refractivity contribution in [3.63, 3.8) is 0 Å². The fourth-order valence-electron chi connectivity index (χ4n) is 2.04. The second kappa shape index (κ2) is 7.09. The number of nitrogens with zero attached hydrogens (tertiary/aromatic N) is 1. The zero-order valence-electron chi connectivity index (χ0n) is 12.8. The van der Waals surface area contributed by atoms with Gasteiger partial charge in [-0.3, -0.25) is 0 Å². The molecule has 0 saturated carbocycles. The summed E-state index contributed by atoms with van der Waals surface area (Å²) in [5.41, 5.74) is 8.12. The zero-order chi connectivity index (χ0) is 15.2. The van der Waals surface area contributed by atoms with Gasteiger partial charge in [0.1, 0.15) is 11.5 Å². The molecule has 0 spiro atoms. The molecule has 0 aliphatic heterocycles. The molecule has 4 nitrogen and oxygen atoms in total. The topological polar surface area (TPSA) is 57.4 Å². The normalized spacial score (nSPS) is 12.0. The molecule has 0 saturated heterocycles. The Hall–Kier alpha value is -2.07. The number of aromatic nitrogens is 1. The third-order valence-electron chi connectivity index (χ3n) is 3.38. The minimum Gasteiger partial charge on any atom is -0.497 e. The summed E-state index contributed by atoms with van der Waals surface area (Å²) in [6.45, 7) is 4.08. The van der Waals surface area contributed by atoms with Gasteiger partial charge in [0.25, 0.3) is 0 Å². The van der Waals surface area contributed by atoms with Gasteiger partial charge in [-0.25, -0.2) is 4.98 Å². The van der Waals surface area contributed by atoms with E-state index in [-0.39, 0.29) is 6.04 Å². The molecule has 0 radical (unpaired) electrons. The van der Waals surface area contributed by atoms with E-state index >= 15 is 0 Å². The zero-order valence-corrected chi connectivity index (χ0v) is 12.8. The second-order valence-electron chi connectivity index (χ2n) is 5.12. The van der Waals surface area contributed by atoms with Crippen LogP contribution in [0.2, 0.25) is 0 Å². The lowest BCUT2D eigenvalue weighted by molar-refractivity contribution is 0.412. The van der Waals surface area contributed by atoms with Crippen LogP contribution < -0.4 is 15.2 Å². The minimum atomic E-state index is 0.180.